The highest BCUT2D eigenvalue weighted by molar-refractivity contribution is 6.00. The lowest BCUT2D eigenvalue weighted by molar-refractivity contribution is -0.384. The summed E-state index contributed by atoms with van der Waals surface area (Å²) in [5, 5.41) is 13.6. The molecule has 2 amide bonds. The second kappa shape index (κ2) is 8.08. The summed E-state index contributed by atoms with van der Waals surface area (Å²) in [4.78, 5) is 37.2. The number of hydrogen-bond acceptors (Lipinski definition) is 5. The molecule has 1 heterocycles. The third-order valence-corrected chi connectivity index (χ3v) is 4.87. The summed E-state index contributed by atoms with van der Waals surface area (Å²) in [6.45, 7) is 2.21. The third-order valence-electron chi connectivity index (χ3n) is 4.87. The van der Waals surface area contributed by atoms with E-state index in [1.165, 1.54) is 23.1 Å². The van der Waals surface area contributed by atoms with Gasteiger partial charge in [0, 0.05) is 24.4 Å². The SMILES string of the molecule is CC1(C(=O)Nc2cccc([N+](=O)[O-])c2)CCCN1C(=O)OCc1ccccc1. The molecule has 146 valence electrons. The van der Waals surface area contributed by atoms with E-state index in [0.717, 1.165) is 5.56 Å². The van der Waals surface area contributed by atoms with E-state index in [-0.39, 0.29) is 12.3 Å². The first-order valence-electron chi connectivity index (χ1n) is 8.94. The van der Waals surface area contributed by atoms with Crippen LogP contribution in [0, 0.1) is 10.1 Å². The number of hydrogen-bond donors (Lipinski definition) is 1. The highest BCUT2D eigenvalue weighted by Gasteiger charge is 2.46. The van der Waals surface area contributed by atoms with Crippen LogP contribution in [0.1, 0.15) is 25.3 Å². The van der Waals surface area contributed by atoms with Gasteiger partial charge in [-0.1, -0.05) is 36.4 Å². The first-order chi connectivity index (χ1) is 13.4. The van der Waals surface area contributed by atoms with Gasteiger partial charge in [0.1, 0.15) is 12.1 Å². The lowest BCUT2D eigenvalue weighted by atomic mass is 9.97. The molecular weight excluding hydrogens is 362 g/mol. The summed E-state index contributed by atoms with van der Waals surface area (Å²) < 4.78 is 5.38. The van der Waals surface area contributed by atoms with E-state index in [4.69, 9.17) is 4.74 Å². The minimum absolute atomic E-state index is 0.117. The molecule has 1 N–H and O–H groups in total. The van der Waals surface area contributed by atoms with Crippen LogP contribution < -0.4 is 5.32 Å². The van der Waals surface area contributed by atoms with Crippen molar-refractivity contribution in [3.05, 3.63) is 70.3 Å². The Bertz CT molecular complexity index is 886. The van der Waals surface area contributed by atoms with Crippen molar-refractivity contribution < 1.29 is 19.2 Å². The van der Waals surface area contributed by atoms with E-state index in [9.17, 15) is 19.7 Å². The minimum atomic E-state index is -1.08. The van der Waals surface area contributed by atoms with Gasteiger partial charge in [0.15, 0.2) is 0 Å². The summed E-state index contributed by atoms with van der Waals surface area (Å²) in [6, 6.07) is 15.0. The van der Waals surface area contributed by atoms with Gasteiger partial charge in [0.05, 0.1) is 4.92 Å². The first-order valence-corrected chi connectivity index (χ1v) is 8.94. The number of carbonyl (C=O) groups excluding carboxylic acids is 2. The number of benzene rings is 2. The number of nitrogens with one attached hydrogen (secondary N) is 1. The van der Waals surface area contributed by atoms with Gasteiger partial charge in [-0.25, -0.2) is 4.79 Å². The Hall–Kier alpha value is -3.42. The minimum Gasteiger partial charge on any atom is -0.445 e. The molecule has 1 atom stereocenters. The van der Waals surface area contributed by atoms with Gasteiger partial charge in [-0.3, -0.25) is 19.8 Å². The number of ether oxygens (including phenoxy) is 1. The number of anilines is 1. The molecule has 3 rings (SSSR count). The van der Waals surface area contributed by atoms with E-state index in [1.54, 1.807) is 13.0 Å². The number of non-ortho nitro benzene ring substituents is 1. The van der Waals surface area contributed by atoms with E-state index < -0.39 is 22.5 Å². The summed E-state index contributed by atoms with van der Waals surface area (Å²) in [5.41, 5.74) is -0.0329. The number of nitrogens with zero attached hydrogens (tertiary/aromatic N) is 2. The standard InChI is InChI=1S/C20H21N3O5/c1-20(18(24)21-16-9-5-10-17(13-16)23(26)27)11-6-12-22(20)19(25)28-14-15-7-3-2-4-8-15/h2-5,7-10,13H,6,11-12,14H2,1H3,(H,21,24). The molecule has 1 aliphatic heterocycles. The van der Waals surface area contributed by atoms with E-state index in [2.05, 4.69) is 5.32 Å². The molecule has 2 aromatic rings. The predicted molar refractivity (Wildman–Crippen MR) is 103 cm³/mol. The fraction of sp³-hybridized carbons (Fsp3) is 0.300. The molecule has 8 heteroatoms. The Kier molecular flexibility index (Phi) is 5.58. The van der Waals surface area contributed by atoms with Crippen LogP contribution >= 0.6 is 0 Å². The van der Waals surface area contributed by atoms with Crippen molar-refractivity contribution in [3.63, 3.8) is 0 Å². The van der Waals surface area contributed by atoms with Gasteiger partial charge in [0.25, 0.3) is 5.69 Å². The molecule has 0 spiro atoms. The summed E-state index contributed by atoms with van der Waals surface area (Å²) in [6.07, 6.45) is 0.589. The second-order valence-electron chi connectivity index (χ2n) is 6.83. The van der Waals surface area contributed by atoms with Crippen molar-refractivity contribution in [2.75, 3.05) is 11.9 Å². The normalized spacial score (nSPS) is 18.5. The van der Waals surface area contributed by atoms with Gasteiger partial charge in [-0.05, 0) is 31.4 Å². The van der Waals surface area contributed by atoms with Crippen molar-refractivity contribution in [2.45, 2.75) is 31.9 Å². The zero-order valence-corrected chi connectivity index (χ0v) is 15.5. The molecule has 0 aromatic heterocycles. The quantitative estimate of drug-likeness (QED) is 0.626. The smallest absolute Gasteiger partial charge is 0.410 e. The topological polar surface area (TPSA) is 102 Å². The van der Waals surface area contributed by atoms with E-state index in [1.807, 2.05) is 30.3 Å². The van der Waals surface area contributed by atoms with Crippen LogP contribution in [0.15, 0.2) is 54.6 Å². The molecular formula is C20H21N3O5. The van der Waals surface area contributed by atoms with Crippen LogP contribution in [0.2, 0.25) is 0 Å². The monoisotopic (exact) mass is 383 g/mol. The molecule has 1 saturated heterocycles. The molecule has 0 saturated carbocycles. The maximum Gasteiger partial charge on any atom is 0.410 e. The van der Waals surface area contributed by atoms with Crippen molar-refractivity contribution in [1.29, 1.82) is 0 Å². The maximum atomic E-state index is 12.9. The van der Waals surface area contributed by atoms with Crippen LogP contribution in [-0.4, -0.2) is 33.9 Å². The summed E-state index contributed by atoms with van der Waals surface area (Å²) >= 11 is 0. The van der Waals surface area contributed by atoms with Gasteiger partial charge in [-0.15, -0.1) is 0 Å². The average molecular weight is 383 g/mol. The van der Waals surface area contributed by atoms with Crippen LogP contribution in [-0.2, 0) is 16.1 Å². The molecule has 0 radical (unpaired) electrons. The molecule has 8 nitrogen and oxygen atoms in total. The van der Waals surface area contributed by atoms with Crippen molar-refractivity contribution in [1.82, 2.24) is 4.90 Å². The highest BCUT2D eigenvalue weighted by atomic mass is 16.6. The Labute approximate surface area is 162 Å². The van der Waals surface area contributed by atoms with Gasteiger partial charge >= 0.3 is 6.09 Å². The molecule has 1 fully saturated rings. The Morgan fingerprint density at radius 2 is 1.96 bits per heavy atom. The fourth-order valence-corrected chi connectivity index (χ4v) is 3.25. The van der Waals surface area contributed by atoms with Crippen LogP contribution in [0.5, 0.6) is 0 Å². The Morgan fingerprint density at radius 3 is 2.68 bits per heavy atom. The van der Waals surface area contributed by atoms with Crippen LogP contribution in [0.4, 0.5) is 16.2 Å². The largest absolute Gasteiger partial charge is 0.445 e. The second-order valence-corrected chi connectivity index (χ2v) is 6.83. The van der Waals surface area contributed by atoms with E-state index >= 15 is 0 Å². The Balaban J connectivity index is 1.68. The van der Waals surface area contributed by atoms with Crippen molar-refractivity contribution >= 4 is 23.4 Å². The third kappa shape index (κ3) is 4.11. The Morgan fingerprint density at radius 1 is 1.21 bits per heavy atom. The molecule has 1 aliphatic rings. The van der Waals surface area contributed by atoms with E-state index in [0.29, 0.717) is 25.1 Å². The number of amides is 2. The number of likely N-dealkylation sites (tertiary alicyclic amines) is 1. The number of nitro groups is 1. The zero-order valence-electron chi connectivity index (χ0n) is 15.5. The maximum absolute atomic E-state index is 12.9. The lowest BCUT2D eigenvalue weighted by Crippen LogP contribution is -2.53. The van der Waals surface area contributed by atoms with Gasteiger partial charge in [-0.2, -0.15) is 0 Å². The predicted octanol–water partition coefficient (Wildman–Crippen LogP) is 3.72. The molecule has 2 aromatic carbocycles. The van der Waals surface area contributed by atoms with Crippen LogP contribution in [0.25, 0.3) is 0 Å². The number of rotatable bonds is 5. The zero-order chi connectivity index (χ0) is 20.1. The van der Waals surface area contributed by atoms with Crippen LogP contribution in [0.3, 0.4) is 0 Å². The van der Waals surface area contributed by atoms with Crippen molar-refractivity contribution in [2.24, 2.45) is 0 Å². The molecule has 28 heavy (non-hydrogen) atoms. The fourth-order valence-electron chi connectivity index (χ4n) is 3.25. The van der Waals surface area contributed by atoms with Gasteiger partial charge in [0.2, 0.25) is 5.91 Å². The van der Waals surface area contributed by atoms with Gasteiger partial charge < -0.3 is 10.1 Å². The summed E-state index contributed by atoms with van der Waals surface area (Å²) in [5.74, 6) is -0.401. The van der Waals surface area contributed by atoms with Crippen molar-refractivity contribution in [3.8, 4) is 0 Å². The molecule has 0 bridgehead atoms. The molecule has 0 aliphatic carbocycles. The highest BCUT2D eigenvalue weighted by Crippen LogP contribution is 2.31. The lowest BCUT2D eigenvalue weighted by Gasteiger charge is -2.33. The summed E-state index contributed by atoms with van der Waals surface area (Å²) in [7, 11) is 0. The average Bonchev–Trinajstić information content (AvgIpc) is 3.10. The molecule has 1 unspecified atom stereocenters. The number of carbonyl (C=O) groups is 2. The number of nitro benzene ring substituents is 1. The first kappa shape index (κ1) is 19.3.